The fourth-order valence-electron chi connectivity index (χ4n) is 2.63. The first-order valence-electron chi connectivity index (χ1n) is 8.63. The molecule has 0 saturated carbocycles. The van der Waals surface area contributed by atoms with E-state index in [1.54, 1.807) is 42.5 Å². The number of carbonyl (C=O) groups excluding carboxylic acids is 1. The quantitative estimate of drug-likeness (QED) is 0.536. The maximum Gasteiger partial charge on any atom is 0.261 e. The van der Waals surface area contributed by atoms with Crippen LogP contribution in [0, 0.1) is 6.92 Å². The number of hydrogen-bond acceptors (Lipinski definition) is 4. The highest BCUT2D eigenvalue weighted by atomic mass is 79.9. The van der Waals surface area contributed by atoms with Gasteiger partial charge >= 0.3 is 0 Å². The zero-order chi connectivity index (χ0) is 21.0. The van der Waals surface area contributed by atoms with E-state index >= 15 is 0 Å². The van der Waals surface area contributed by atoms with Gasteiger partial charge in [-0.15, -0.1) is 0 Å². The van der Waals surface area contributed by atoms with E-state index in [9.17, 15) is 13.2 Å². The van der Waals surface area contributed by atoms with E-state index in [1.807, 2.05) is 13.0 Å². The maximum absolute atomic E-state index is 12.8. The molecular formula is C21H19BrN2O4S. The van der Waals surface area contributed by atoms with E-state index in [-0.39, 0.29) is 10.5 Å². The molecule has 0 aliphatic heterocycles. The van der Waals surface area contributed by atoms with Crippen molar-refractivity contribution in [1.82, 2.24) is 0 Å². The van der Waals surface area contributed by atoms with Crippen LogP contribution in [0.15, 0.2) is 76.1 Å². The summed E-state index contributed by atoms with van der Waals surface area (Å²) in [7, 11) is -2.34. The van der Waals surface area contributed by atoms with Crippen molar-refractivity contribution in [3.63, 3.8) is 0 Å². The summed E-state index contributed by atoms with van der Waals surface area (Å²) in [6, 6.07) is 18.1. The van der Waals surface area contributed by atoms with Crippen LogP contribution in [-0.2, 0) is 10.0 Å². The average Bonchev–Trinajstić information content (AvgIpc) is 2.71. The second-order valence-corrected chi connectivity index (χ2v) is 8.84. The minimum Gasteiger partial charge on any atom is -0.497 e. The Morgan fingerprint density at radius 2 is 1.76 bits per heavy atom. The minimum absolute atomic E-state index is 0.0100. The molecule has 0 saturated heterocycles. The summed E-state index contributed by atoms with van der Waals surface area (Å²) in [5.41, 5.74) is 2.11. The highest BCUT2D eigenvalue weighted by molar-refractivity contribution is 9.10. The standard InChI is InChI=1S/C21H19BrN2O4S/c1-14-9-10-19(22)20(11-14)24-29(26,27)18-8-3-5-15(12-18)21(25)23-16-6-4-7-17(13-16)28-2/h3-13,24H,1-2H3,(H,23,25). The molecule has 1 amide bonds. The van der Waals surface area contributed by atoms with Crippen molar-refractivity contribution in [2.45, 2.75) is 11.8 Å². The number of methoxy groups -OCH3 is 1. The van der Waals surface area contributed by atoms with E-state index in [0.29, 0.717) is 21.6 Å². The molecule has 2 N–H and O–H groups in total. The molecule has 29 heavy (non-hydrogen) atoms. The number of carbonyl (C=O) groups is 1. The molecule has 0 unspecified atom stereocenters. The Balaban J connectivity index is 1.84. The SMILES string of the molecule is COc1cccc(NC(=O)c2cccc(S(=O)(=O)Nc3cc(C)ccc3Br)c2)c1. The van der Waals surface area contributed by atoms with Crippen molar-refractivity contribution in [2.24, 2.45) is 0 Å². The minimum atomic E-state index is -3.87. The van der Waals surface area contributed by atoms with Gasteiger partial charge < -0.3 is 10.1 Å². The summed E-state index contributed by atoms with van der Waals surface area (Å²) in [4.78, 5) is 12.6. The molecule has 0 spiro atoms. The first kappa shape index (κ1) is 20.9. The van der Waals surface area contributed by atoms with Gasteiger partial charge in [0.25, 0.3) is 15.9 Å². The lowest BCUT2D eigenvalue weighted by molar-refractivity contribution is 0.102. The number of hydrogen-bond donors (Lipinski definition) is 2. The summed E-state index contributed by atoms with van der Waals surface area (Å²) in [5.74, 6) is 0.180. The maximum atomic E-state index is 12.8. The summed E-state index contributed by atoms with van der Waals surface area (Å²) < 4.78 is 33.9. The predicted molar refractivity (Wildman–Crippen MR) is 117 cm³/mol. The van der Waals surface area contributed by atoms with Gasteiger partial charge in [0, 0.05) is 21.8 Å². The number of benzene rings is 3. The van der Waals surface area contributed by atoms with Crippen molar-refractivity contribution in [3.05, 3.63) is 82.3 Å². The second-order valence-electron chi connectivity index (χ2n) is 6.30. The largest absolute Gasteiger partial charge is 0.497 e. The monoisotopic (exact) mass is 474 g/mol. The van der Waals surface area contributed by atoms with Crippen LogP contribution in [0.5, 0.6) is 5.75 Å². The topological polar surface area (TPSA) is 84.5 Å². The van der Waals surface area contributed by atoms with Crippen LogP contribution < -0.4 is 14.8 Å². The van der Waals surface area contributed by atoms with Crippen LogP contribution in [0.4, 0.5) is 11.4 Å². The molecule has 3 rings (SSSR count). The molecule has 0 aromatic heterocycles. The normalized spacial score (nSPS) is 11.0. The molecule has 0 aliphatic rings. The van der Waals surface area contributed by atoms with Crippen molar-refractivity contribution < 1.29 is 17.9 Å². The Labute approximate surface area is 178 Å². The first-order valence-corrected chi connectivity index (χ1v) is 10.9. The number of sulfonamides is 1. The second kappa shape index (κ2) is 8.67. The molecule has 0 heterocycles. The Bertz CT molecular complexity index is 1160. The summed E-state index contributed by atoms with van der Waals surface area (Å²) in [6.07, 6.45) is 0. The van der Waals surface area contributed by atoms with Gasteiger partial charge in [-0.1, -0.05) is 18.2 Å². The molecule has 0 radical (unpaired) electrons. The van der Waals surface area contributed by atoms with E-state index < -0.39 is 15.9 Å². The van der Waals surface area contributed by atoms with Crippen molar-refractivity contribution in [3.8, 4) is 5.75 Å². The molecule has 8 heteroatoms. The van der Waals surface area contributed by atoms with Gasteiger partial charge in [0.1, 0.15) is 5.75 Å². The molecule has 3 aromatic carbocycles. The Morgan fingerprint density at radius 3 is 2.52 bits per heavy atom. The van der Waals surface area contributed by atoms with Crippen molar-refractivity contribution in [1.29, 1.82) is 0 Å². The fraction of sp³-hybridized carbons (Fsp3) is 0.0952. The third-order valence-corrected chi connectivity index (χ3v) is 6.15. The summed E-state index contributed by atoms with van der Waals surface area (Å²) >= 11 is 3.34. The van der Waals surface area contributed by atoms with Crippen LogP contribution in [-0.4, -0.2) is 21.4 Å². The van der Waals surface area contributed by atoms with Gasteiger partial charge in [-0.25, -0.2) is 8.42 Å². The number of ether oxygens (including phenoxy) is 1. The van der Waals surface area contributed by atoms with Gasteiger partial charge in [-0.05, 0) is 70.9 Å². The predicted octanol–water partition coefficient (Wildman–Crippen LogP) is 4.82. The highest BCUT2D eigenvalue weighted by Crippen LogP contribution is 2.26. The van der Waals surface area contributed by atoms with Crippen LogP contribution in [0.25, 0.3) is 0 Å². The van der Waals surface area contributed by atoms with Gasteiger partial charge in [0.15, 0.2) is 0 Å². The average molecular weight is 475 g/mol. The lowest BCUT2D eigenvalue weighted by atomic mass is 10.2. The van der Waals surface area contributed by atoms with E-state index in [1.165, 1.54) is 25.3 Å². The van der Waals surface area contributed by atoms with Crippen LogP contribution in [0.3, 0.4) is 0 Å². The highest BCUT2D eigenvalue weighted by Gasteiger charge is 2.18. The lowest BCUT2D eigenvalue weighted by Crippen LogP contribution is -2.16. The lowest BCUT2D eigenvalue weighted by Gasteiger charge is -2.12. The molecule has 150 valence electrons. The summed E-state index contributed by atoms with van der Waals surface area (Å²) in [6.45, 7) is 1.87. The van der Waals surface area contributed by atoms with Gasteiger partial charge in [0.2, 0.25) is 0 Å². The number of amides is 1. The summed E-state index contributed by atoms with van der Waals surface area (Å²) in [5, 5.41) is 2.74. The third kappa shape index (κ3) is 5.16. The van der Waals surface area contributed by atoms with Crippen molar-refractivity contribution in [2.75, 3.05) is 17.1 Å². The van der Waals surface area contributed by atoms with Gasteiger partial charge in [0.05, 0.1) is 17.7 Å². The number of rotatable bonds is 6. The molecule has 6 nitrogen and oxygen atoms in total. The van der Waals surface area contributed by atoms with Crippen LogP contribution in [0.1, 0.15) is 15.9 Å². The van der Waals surface area contributed by atoms with Crippen LogP contribution >= 0.6 is 15.9 Å². The molecule has 0 fully saturated rings. The third-order valence-electron chi connectivity index (χ3n) is 4.10. The molecule has 0 atom stereocenters. The van der Waals surface area contributed by atoms with Gasteiger partial charge in [-0.3, -0.25) is 9.52 Å². The molecule has 0 aliphatic carbocycles. The Morgan fingerprint density at radius 1 is 1.00 bits per heavy atom. The number of halogens is 1. The fourth-order valence-corrected chi connectivity index (χ4v) is 4.22. The van der Waals surface area contributed by atoms with E-state index in [2.05, 4.69) is 26.0 Å². The van der Waals surface area contributed by atoms with E-state index in [0.717, 1.165) is 5.56 Å². The Kier molecular flexibility index (Phi) is 6.24. The van der Waals surface area contributed by atoms with E-state index in [4.69, 9.17) is 4.74 Å². The van der Waals surface area contributed by atoms with Gasteiger partial charge in [-0.2, -0.15) is 0 Å². The Hall–Kier alpha value is -2.84. The zero-order valence-corrected chi connectivity index (χ0v) is 18.2. The van der Waals surface area contributed by atoms with Crippen LogP contribution in [0.2, 0.25) is 0 Å². The number of nitrogens with one attached hydrogen (secondary N) is 2. The molecule has 0 bridgehead atoms. The van der Waals surface area contributed by atoms with Crippen molar-refractivity contribution >= 4 is 43.2 Å². The molecular weight excluding hydrogens is 456 g/mol. The number of aryl methyl sites for hydroxylation is 1. The number of anilines is 2. The molecule has 3 aromatic rings. The smallest absolute Gasteiger partial charge is 0.261 e. The first-order chi connectivity index (χ1) is 13.8. The zero-order valence-electron chi connectivity index (χ0n) is 15.8.